The first-order valence-electron chi connectivity index (χ1n) is 6.94. The lowest BCUT2D eigenvalue weighted by Gasteiger charge is -2.36. The van der Waals surface area contributed by atoms with Crippen molar-refractivity contribution in [1.29, 1.82) is 0 Å². The molecule has 0 spiro atoms. The molecule has 0 radical (unpaired) electrons. The summed E-state index contributed by atoms with van der Waals surface area (Å²) < 4.78 is 1.89. The zero-order chi connectivity index (χ0) is 14.2. The van der Waals surface area contributed by atoms with Gasteiger partial charge in [-0.1, -0.05) is 13.8 Å². The van der Waals surface area contributed by atoms with Crippen LogP contribution in [0.1, 0.15) is 31.7 Å². The summed E-state index contributed by atoms with van der Waals surface area (Å²) in [5, 5.41) is 8.63. The first-order chi connectivity index (χ1) is 8.88. The summed E-state index contributed by atoms with van der Waals surface area (Å²) in [6, 6.07) is 0. The van der Waals surface area contributed by atoms with Crippen molar-refractivity contribution in [3.8, 4) is 0 Å². The molecule has 19 heavy (non-hydrogen) atoms. The van der Waals surface area contributed by atoms with Gasteiger partial charge in [0, 0.05) is 20.1 Å². The largest absolute Gasteiger partial charge is 0.348 e. The van der Waals surface area contributed by atoms with Crippen LogP contribution in [0.5, 0.6) is 0 Å². The van der Waals surface area contributed by atoms with Crippen LogP contribution in [0.4, 0.5) is 5.69 Å². The predicted molar refractivity (Wildman–Crippen MR) is 83.4 cm³/mol. The summed E-state index contributed by atoms with van der Waals surface area (Å²) in [6.45, 7) is 10.8. The van der Waals surface area contributed by atoms with E-state index in [9.17, 15) is 0 Å². The van der Waals surface area contributed by atoms with Gasteiger partial charge in [-0.15, -0.1) is 0 Å². The number of thiocarbonyl (C=S) groups is 1. The number of nitrogens with one attached hydrogen (secondary N) is 1. The van der Waals surface area contributed by atoms with E-state index >= 15 is 0 Å². The fourth-order valence-electron chi connectivity index (χ4n) is 2.97. The molecule has 1 aliphatic heterocycles. The molecule has 0 unspecified atom stereocenters. The fraction of sp³-hybridized carbons (Fsp3) is 0.714. The Hall–Kier alpha value is -1.10. The lowest BCUT2D eigenvalue weighted by molar-refractivity contribution is 0.216. The van der Waals surface area contributed by atoms with E-state index in [4.69, 9.17) is 12.2 Å². The van der Waals surface area contributed by atoms with Gasteiger partial charge in [0.2, 0.25) is 0 Å². The Bertz CT molecular complexity index is 470. The van der Waals surface area contributed by atoms with E-state index in [1.54, 1.807) is 0 Å². The van der Waals surface area contributed by atoms with Crippen LogP contribution in [0, 0.1) is 25.7 Å². The lowest BCUT2D eigenvalue weighted by Crippen LogP contribution is -2.44. The summed E-state index contributed by atoms with van der Waals surface area (Å²) in [5.41, 5.74) is 3.18. The van der Waals surface area contributed by atoms with Crippen LogP contribution in [-0.4, -0.2) is 32.9 Å². The average Bonchev–Trinajstić information content (AvgIpc) is 2.54. The maximum Gasteiger partial charge on any atom is 0.173 e. The molecule has 0 saturated carbocycles. The second-order valence-electron chi connectivity index (χ2n) is 5.95. The molecule has 0 amide bonds. The van der Waals surface area contributed by atoms with E-state index < -0.39 is 0 Å². The lowest BCUT2D eigenvalue weighted by atomic mass is 9.92. The second-order valence-corrected chi connectivity index (χ2v) is 6.34. The fourth-order valence-corrected chi connectivity index (χ4v) is 3.22. The molecule has 0 bridgehead atoms. The number of anilines is 1. The molecule has 2 atom stereocenters. The first-order valence-corrected chi connectivity index (χ1v) is 7.35. The van der Waals surface area contributed by atoms with Crippen molar-refractivity contribution in [3.05, 3.63) is 11.4 Å². The molecule has 1 aromatic heterocycles. The van der Waals surface area contributed by atoms with E-state index in [0.29, 0.717) is 11.8 Å². The van der Waals surface area contributed by atoms with Crippen LogP contribution < -0.4 is 5.32 Å². The van der Waals surface area contributed by atoms with Gasteiger partial charge in [0.15, 0.2) is 5.11 Å². The summed E-state index contributed by atoms with van der Waals surface area (Å²) >= 11 is 5.57. The van der Waals surface area contributed by atoms with Gasteiger partial charge in [0.25, 0.3) is 0 Å². The van der Waals surface area contributed by atoms with Crippen molar-refractivity contribution in [2.24, 2.45) is 18.9 Å². The monoisotopic (exact) mass is 280 g/mol. The minimum Gasteiger partial charge on any atom is -0.348 e. The van der Waals surface area contributed by atoms with Crippen LogP contribution in [0.2, 0.25) is 0 Å². The van der Waals surface area contributed by atoms with Crippen molar-refractivity contribution in [1.82, 2.24) is 14.7 Å². The van der Waals surface area contributed by atoms with E-state index in [2.05, 4.69) is 36.1 Å². The standard InChI is InChI=1S/C14H24N4S/c1-9-6-10(2)8-18(7-9)14(19)15-13-11(3)16-17(5)12(13)4/h9-10H,6-8H2,1-5H3,(H,15,19)/t9-,10+. The molecule has 1 aliphatic rings. The molecular formula is C14H24N4S. The first kappa shape index (κ1) is 14.3. The highest BCUT2D eigenvalue weighted by Crippen LogP contribution is 2.23. The molecule has 5 heteroatoms. The van der Waals surface area contributed by atoms with Crippen molar-refractivity contribution in [2.45, 2.75) is 34.1 Å². The third kappa shape index (κ3) is 3.08. The molecule has 1 saturated heterocycles. The average molecular weight is 280 g/mol. The third-order valence-electron chi connectivity index (χ3n) is 3.90. The summed E-state index contributed by atoms with van der Waals surface area (Å²) in [7, 11) is 1.96. The number of nitrogens with zero attached hydrogens (tertiary/aromatic N) is 3. The predicted octanol–water partition coefficient (Wildman–Crippen LogP) is 2.71. The third-order valence-corrected chi connectivity index (χ3v) is 4.26. The van der Waals surface area contributed by atoms with Gasteiger partial charge >= 0.3 is 0 Å². The van der Waals surface area contributed by atoms with Crippen LogP contribution in [0.3, 0.4) is 0 Å². The van der Waals surface area contributed by atoms with Gasteiger partial charge in [-0.05, 0) is 44.3 Å². The van der Waals surface area contributed by atoms with Crippen LogP contribution >= 0.6 is 12.2 Å². The molecule has 2 rings (SSSR count). The van der Waals surface area contributed by atoms with E-state index in [0.717, 1.165) is 35.3 Å². The van der Waals surface area contributed by atoms with Gasteiger partial charge in [0.05, 0.1) is 17.1 Å². The second kappa shape index (κ2) is 5.49. The topological polar surface area (TPSA) is 33.1 Å². The van der Waals surface area contributed by atoms with Crippen molar-refractivity contribution >= 4 is 23.0 Å². The smallest absolute Gasteiger partial charge is 0.173 e. The number of rotatable bonds is 1. The van der Waals surface area contributed by atoms with E-state index in [1.807, 2.05) is 18.7 Å². The van der Waals surface area contributed by atoms with Gasteiger partial charge in [-0.25, -0.2) is 0 Å². The minimum absolute atomic E-state index is 0.708. The maximum absolute atomic E-state index is 5.57. The molecule has 4 nitrogen and oxygen atoms in total. The van der Waals surface area contributed by atoms with Gasteiger partial charge < -0.3 is 10.2 Å². The maximum atomic E-state index is 5.57. The normalized spacial score (nSPS) is 23.5. The molecule has 1 N–H and O–H groups in total. The Kier molecular flexibility index (Phi) is 4.13. The Labute approximate surface area is 121 Å². The molecule has 1 aromatic rings. The number of hydrogen-bond acceptors (Lipinski definition) is 2. The Morgan fingerprint density at radius 1 is 1.26 bits per heavy atom. The molecule has 2 heterocycles. The summed E-state index contributed by atoms with van der Waals surface area (Å²) in [4.78, 5) is 2.29. The summed E-state index contributed by atoms with van der Waals surface area (Å²) in [5.74, 6) is 1.42. The Balaban J connectivity index is 2.08. The SMILES string of the molecule is Cc1nn(C)c(C)c1NC(=S)N1C[C@H](C)C[C@H](C)C1. The molecule has 1 fully saturated rings. The number of aryl methyl sites for hydroxylation is 2. The number of piperidine rings is 1. The van der Waals surface area contributed by atoms with Crippen LogP contribution in [-0.2, 0) is 7.05 Å². The van der Waals surface area contributed by atoms with E-state index in [-0.39, 0.29) is 0 Å². The molecule has 0 aromatic carbocycles. The van der Waals surface area contributed by atoms with Crippen molar-refractivity contribution < 1.29 is 0 Å². The highest BCUT2D eigenvalue weighted by atomic mass is 32.1. The quantitative estimate of drug-likeness (QED) is 0.802. The molecule has 106 valence electrons. The zero-order valence-corrected chi connectivity index (χ0v) is 13.3. The van der Waals surface area contributed by atoms with Gasteiger partial charge in [-0.3, -0.25) is 4.68 Å². The van der Waals surface area contributed by atoms with Crippen molar-refractivity contribution in [2.75, 3.05) is 18.4 Å². The van der Waals surface area contributed by atoms with Crippen molar-refractivity contribution in [3.63, 3.8) is 0 Å². The minimum atomic E-state index is 0.708. The Morgan fingerprint density at radius 3 is 2.32 bits per heavy atom. The van der Waals surface area contributed by atoms with Crippen LogP contribution in [0.15, 0.2) is 0 Å². The zero-order valence-electron chi connectivity index (χ0n) is 12.5. The van der Waals surface area contributed by atoms with Crippen LogP contribution in [0.25, 0.3) is 0 Å². The van der Waals surface area contributed by atoms with Gasteiger partial charge in [-0.2, -0.15) is 5.10 Å². The van der Waals surface area contributed by atoms with Gasteiger partial charge in [0.1, 0.15) is 0 Å². The van der Waals surface area contributed by atoms with E-state index in [1.165, 1.54) is 6.42 Å². The molecule has 0 aliphatic carbocycles. The highest BCUT2D eigenvalue weighted by molar-refractivity contribution is 7.80. The number of aromatic nitrogens is 2. The highest BCUT2D eigenvalue weighted by Gasteiger charge is 2.24. The number of hydrogen-bond donors (Lipinski definition) is 1. The molecular weight excluding hydrogens is 256 g/mol. The Morgan fingerprint density at radius 2 is 1.84 bits per heavy atom. The summed E-state index contributed by atoms with van der Waals surface area (Å²) in [6.07, 6.45) is 1.30. The number of likely N-dealkylation sites (tertiary alicyclic amines) is 1.